The number of benzene rings is 1. The minimum absolute atomic E-state index is 0.204. The third-order valence-corrected chi connectivity index (χ3v) is 5.26. The molecule has 1 saturated heterocycles. The van der Waals surface area contributed by atoms with Gasteiger partial charge in [0, 0.05) is 29.1 Å². The van der Waals surface area contributed by atoms with Crippen LogP contribution < -0.4 is 10.2 Å². The maximum Gasteiger partial charge on any atom is 0.0514 e. The van der Waals surface area contributed by atoms with Gasteiger partial charge < -0.3 is 10.2 Å². The Morgan fingerprint density at radius 1 is 1.45 bits per heavy atom. The third-order valence-electron chi connectivity index (χ3n) is 4.62. The highest BCUT2D eigenvalue weighted by molar-refractivity contribution is 9.10. The van der Waals surface area contributed by atoms with Crippen LogP contribution in [0.3, 0.4) is 0 Å². The molecule has 1 aromatic rings. The SMILES string of the molecule is CCC1(C)CN(c2ccc(C)cc2Br)C(C(C)C)CN1. The predicted octanol–water partition coefficient (Wildman–Crippen LogP) is 4.36. The van der Waals surface area contributed by atoms with Crippen molar-refractivity contribution in [2.24, 2.45) is 5.92 Å². The lowest BCUT2D eigenvalue weighted by molar-refractivity contribution is 0.253. The zero-order valence-corrected chi connectivity index (χ0v) is 14.9. The van der Waals surface area contributed by atoms with Crippen molar-refractivity contribution in [3.63, 3.8) is 0 Å². The first kappa shape index (κ1) is 15.8. The average Bonchev–Trinajstić information content (AvgIpc) is 2.38. The number of anilines is 1. The van der Waals surface area contributed by atoms with Crippen LogP contribution in [-0.2, 0) is 0 Å². The molecule has 0 spiro atoms. The van der Waals surface area contributed by atoms with E-state index in [0.717, 1.165) is 19.5 Å². The molecule has 2 atom stereocenters. The van der Waals surface area contributed by atoms with Gasteiger partial charge >= 0.3 is 0 Å². The van der Waals surface area contributed by atoms with Crippen molar-refractivity contribution in [1.29, 1.82) is 0 Å². The van der Waals surface area contributed by atoms with Crippen LogP contribution in [0, 0.1) is 12.8 Å². The van der Waals surface area contributed by atoms with Crippen LogP contribution in [0.4, 0.5) is 5.69 Å². The van der Waals surface area contributed by atoms with Crippen LogP contribution >= 0.6 is 15.9 Å². The van der Waals surface area contributed by atoms with Gasteiger partial charge in [-0.25, -0.2) is 0 Å². The molecule has 1 N–H and O–H groups in total. The van der Waals surface area contributed by atoms with Gasteiger partial charge in [0.05, 0.1) is 5.69 Å². The predicted molar refractivity (Wildman–Crippen MR) is 91.5 cm³/mol. The summed E-state index contributed by atoms with van der Waals surface area (Å²) in [5.41, 5.74) is 2.83. The molecule has 0 bridgehead atoms. The number of aryl methyl sites for hydroxylation is 1. The summed E-state index contributed by atoms with van der Waals surface area (Å²) in [6.07, 6.45) is 1.15. The molecule has 1 heterocycles. The molecule has 2 unspecified atom stereocenters. The summed E-state index contributed by atoms with van der Waals surface area (Å²) < 4.78 is 1.21. The van der Waals surface area contributed by atoms with Gasteiger partial charge in [-0.05, 0) is 59.8 Å². The molecule has 0 amide bonds. The van der Waals surface area contributed by atoms with E-state index >= 15 is 0 Å². The normalized spacial score (nSPS) is 27.1. The molecule has 1 aromatic carbocycles. The fraction of sp³-hybridized carbons (Fsp3) is 0.647. The van der Waals surface area contributed by atoms with Crippen molar-refractivity contribution in [3.05, 3.63) is 28.2 Å². The van der Waals surface area contributed by atoms with Gasteiger partial charge in [0.1, 0.15) is 0 Å². The second kappa shape index (κ2) is 6.07. The van der Waals surface area contributed by atoms with Gasteiger partial charge in [0.15, 0.2) is 0 Å². The van der Waals surface area contributed by atoms with Crippen molar-refractivity contribution in [1.82, 2.24) is 5.32 Å². The summed E-state index contributed by atoms with van der Waals surface area (Å²) in [4.78, 5) is 2.59. The molecule has 2 nitrogen and oxygen atoms in total. The molecule has 1 fully saturated rings. The summed E-state index contributed by atoms with van der Waals surface area (Å²) in [5, 5.41) is 3.75. The lowest BCUT2D eigenvalue weighted by Crippen LogP contribution is -2.64. The number of piperazine rings is 1. The first-order valence-electron chi connectivity index (χ1n) is 7.64. The minimum Gasteiger partial charge on any atom is -0.364 e. The van der Waals surface area contributed by atoms with Crippen molar-refractivity contribution < 1.29 is 0 Å². The Hall–Kier alpha value is -0.540. The summed E-state index contributed by atoms with van der Waals surface area (Å²) in [6.45, 7) is 13.5. The maximum absolute atomic E-state index is 3.76. The van der Waals surface area contributed by atoms with Crippen LogP contribution in [0.15, 0.2) is 22.7 Å². The summed E-state index contributed by atoms with van der Waals surface area (Å²) in [6, 6.07) is 7.24. The molecule has 0 radical (unpaired) electrons. The Bertz CT molecular complexity index is 472. The molecule has 1 aliphatic heterocycles. The standard InChI is InChI=1S/C17H27BrN2/c1-6-17(5)11-20(16(10-19-17)12(2)3)15-8-7-13(4)9-14(15)18/h7-9,12,16,19H,6,10-11H2,1-5H3. The first-order valence-corrected chi connectivity index (χ1v) is 8.43. The molecule has 20 heavy (non-hydrogen) atoms. The first-order chi connectivity index (χ1) is 9.36. The monoisotopic (exact) mass is 338 g/mol. The Morgan fingerprint density at radius 3 is 2.70 bits per heavy atom. The van der Waals surface area contributed by atoms with Crippen molar-refractivity contribution >= 4 is 21.6 Å². The lowest BCUT2D eigenvalue weighted by Gasteiger charge is -2.49. The Morgan fingerprint density at radius 2 is 2.15 bits per heavy atom. The fourth-order valence-corrected chi connectivity index (χ4v) is 3.67. The third kappa shape index (κ3) is 3.20. The van der Waals surface area contributed by atoms with E-state index in [0.29, 0.717) is 12.0 Å². The van der Waals surface area contributed by atoms with E-state index in [1.165, 1.54) is 15.7 Å². The number of hydrogen-bond donors (Lipinski definition) is 1. The number of rotatable bonds is 3. The molecular weight excluding hydrogens is 312 g/mol. The van der Waals surface area contributed by atoms with Crippen LogP contribution in [0.2, 0.25) is 0 Å². The minimum atomic E-state index is 0.204. The van der Waals surface area contributed by atoms with Crippen LogP contribution in [0.5, 0.6) is 0 Å². The Kier molecular flexibility index (Phi) is 4.80. The number of nitrogens with zero attached hydrogens (tertiary/aromatic N) is 1. The average molecular weight is 339 g/mol. The van der Waals surface area contributed by atoms with Crippen molar-refractivity contribution in [2.45, 2.75) is 52.6 Å². The molecule has 1 aliphatic rings. The van der Waals surface area contributed by atoms with Gasteiger partial charge in [-0.1, -0.05) is 26.8 Å². The summed E-state index contributed by atoms with van der Waals surface area (Å²) >= 11 is 3.76. The van der Waals surface area contributed by atoms with E-state index in [4.69, 9.17) is 0 Å². The lowest BCUT2D eigenvalue weighted by atomic mass is 9.89. The molecule has 112 valence electrons. The van der Waals surface area contributed by atoms with Crippen LogP contribution in [0.1, 0.15) is 39.7 Å². The van der Waals surface area contributed by atoms with Crippen LogP contribution in [0.25, 0.3) is 0 Å². The largest absolute Gasteiger partial charge is 0.364 e. The quantitative estimate of drug-likeness (QED) is 0.880. The second-order valence-corrected chi connectivity index (χ2v) is 7.54. The van der Waals surface area contributed by atoms with Crippen molar-refractivity contribution in [3.8, 4) is 0 Å². The van der Waals surface area contributed by atoms with Gasteiger partial charge in [-0.15, -0.1) is 0 Å². The Balaban J connectivity index is 2.36. The highest BCUT2D eigenvalue weighted by atomic mass is 79.9. The van der Waals surface area contributed by atoms with E-state index in [-0.39, 0.29) is 5.54 Å². The molecular formula is C17H27BrN2. The highest BCUT2D eigenvalue weighted by Crippen LogP contribution is 2.34. The van der Waals surface area contributed by atoms with Gasteiger partial charge in [-0.2, -0.15) is 0 Å². The van der Waals surface area contributed by atoms with E-state index < -0.39 is 0 Å². The summed E-state index contributed by atoms with van der Waals surface area (Å²) in [7, 11) is 0. The zero-order valence-electron chi connectivity index (χ0n) is 13.3. The van der Waals surface area contributed by atoms with Gasteiger partial charge in [0.25, 0.3) is 0 Å². The van der Waals surface area contributed by atoms with E-state index in [2.05, 4.69) is 79.0 Å². The molecule has 0 aromatic heterocycles. The van der Waals surface area contributed by atoms with Crippen molar-refractivity contribution in [2.75, 3.05) is 18.0 Å². The molecule has 2 rings (SSSR count). The second-order valence-electron chi connectivity index (χ2n) is 6.69. The van der Waals surface area contributed by atoms with E-state index in [9.17, 15) is 0 Å². The fourth-order valence-electron chi connectivity index (χ4n) is 2.95. The summed E-state index contributed by atoms with van der Waals surface area (Å²) in [5.74, 6) is 0.636. The number of halogens is 1. The van der Waals surface area contributed by atoms with E-state index in [1.807, 2.05) is 0 Å². The number of nitrogens with one attached hydrogen (secondary N) is 1. The maximum atomic E-state index is 3.76. The molecule has 0 saturated carbocycles. The van der Waals surface area contributed by atoms with Crippen LogP contribution in [-0.4, -0.2) is 24.7 Å². The number of hydrogen-bond acceptors (Lipinski definition) is 2. The Labute approximate surface area is 132 Å². The molecule has 0 aliphatic carbocycles. The van der Waals surface area contributed by atoms with E-state index in [1.54, 1.807) is 0 Å². The molecule has 3 heteroatoms. The topological polar surface area (TPSA) is 15.3 Å². The van der Waals surface area contributed by atoms with Gasteiger partial charge in [0.2, 0.25) is 0 Å². The highest BCUT2D eigenvalue weighted by Gasteiger charge is 2.36. The van der Waals surface area contributed by atoms with Gasteiger partial charge in [-0.3, -0.25) is 0 Å². The smallest absolute Gasteiger partial charge is 0.0514 e. The zero-order chi connectivity index (χ0) is 14.9.